The molecule has 8 heteroatoms. The van der Waals surface area contributed by atoms with E-state index < -0.39 is 34.1 Å². The van der Waals surface area contributed by atoms with Gasteiger partial charge >= 0.3 is 6.18 Å². The summed E-state index contributed by atoms with van der Waals surface area (Å²) in [4.78, 5) is -0.00424. The second-order valence-corrected chi connectivity index (χ2v) is 6.71. The van der Waals surface area contributed by atoms with Crippen molar-refractivity contribution < 1.29 is 26.0 Å². The maximum atomic E-state index is 13.7. The molecular weight excluding hydrogens is 334 g/mol. The number of aryl methyl sites for hydroxylation is 1. The Hall–Kier alpha value is -1.93. The summed E-state index contributed by atoms with van der Waals surface area (Å²) in [6.07, 6.45) is -4.65. The van der Waals surface area contributed by atoms with Gasteiger partial charge in [0.05, 0.1) is 10.5 Å². The molecular formula is C15H13F4NO2S. The third-order valence-corrected chi connectivity index (χ3v) is 4.58. The quantitative estimate of drug-likeness (QED) is 0.859. The fourth-order valence-corrected chi connectivity index (χ4v) is 2.85. The van der Waals surface area contributed by atoms with Crippen LogP contribution in [0.3, 0.4) is 0 Å². The molecule has 0 saturated carbocycles. The van der Waals surface area contributed by atoms with E-state index in [1.165, 1.54) is 12.1 Å². The van der Waals surface area contributed by atoms with E-state index >= 15 is 0 Å². The van der Waals surface area contributed by atoms with Crippen molar-refractivity contribution >= 4 is 10.0 Å². The summed E-state index contributed by atoms with van der Waals surface area (Å²) < 4.78 is 77.3. The first-order chi connectivity index (χ1) is 10.6. The monoisotopic (exact) mass is 347 g/mol. The second-order valence-electron chi connectivity index (χ2n) is 4.94. The normalized spacial score (nSPS) is 12.4. The Labute approximate surface area is 131 Å². The number of rotatable bonds is 4. The van der Waals surface area contributed by atoms with Gasteiger partial charge in [0.25, 0.3) is 0 Å². The standard InChI is InChI=1S/C15H13F4NO2S/c1-10-2-6-13(7-3-10)23(21,22)20-9-11-4-5-12(8-14(11)16)15(17,18)19/h2-8,20H,9H2,1H3. The number of benzene rings is 2. The van der Waals surface area contributed by atoms with Gasteiger partial charge in [-0.25, -0.2) is 17.5 Å². The molecule has 0 unspecified atom stereocenters. The van der Waals surface area contributed by atoms with Crippen molar-refractivity contribution in [3.8, 4) is 0 Å². The van der Waals surface area contributed by atoms with Gasteiger partial charge in [-0.3, -0.25) is 0 Å². The molecule has 0 bridgehead atoms. The Morgan fingerprint density at radius 1 is 1.04 bits per heavy atom. The van der Waals surface area contributed by atoms with Crippen LogP contribution < -0.4 is 4.72 Å². The first-order valence-corrected chi connectivity index (χ1v) is 8.00. The zero-order chi connectivity index (χ0) is 17.3. The fourth-order valence-electron chi connectivity index (χ4n) is 1.84. The van der Waals surface area contributed by atoms with Gasteiger partial charge in [-0.05, 0) is 31.2 Å². The smallest absolute Gasteiger partial charge is 0.207 e. The average Bonchev–Trinajstić information content (AvgIpc) is 2.45. The van der Waals surface area contributed by atoms with Gasteiger partial charge in [-0.1, -0.05) is 23.8 Å². The third kappa shape index (κ3) is 4.29. The lowest BCUT2D eigenvalue weighted by Crippen LogP contribution is -2.23. The highest BCUT2D eigenvalue weighted by molar-refractivity contribution is 7.89. The molecule has 2 aromatic carbocycles. The minimum atomic E-state index is -4.65. The Bertz CT molecular complexity index is 799. The largest absolute Gasteiger partial charge is 0.416 e. The molecule has 0 atom stereocenters. The van der Waals surface area contributed by atoms with E-state index in [1.807, 2.05) is 0 Å². The minimum absolute atomic E-state index is 0.00424. The van der Waals surface area contributed by atoms with E-state index in [0.717, 1.165) is 11.6 Å². The first-order valence-electron chi connectivity index (χ1n) is 6.51. The lowest BCUT2D eigenvalue weighted by atomic mass is 10.1. The number of hydrogen-bond acceptors (Lipinski definition) is 2. The van der Waals surface area contributed by atoms with Crippen molar-refractivity contribution in [2.45, 2.75) is 24.5 Å². The molecule has 0 heterocycles. The molecule has 0 aliphatic carbocycles. The van der Waals surface area contributed by atoms with Crippen molar-refractivity contribution in [3.05, 3.63) is 65.0 Å². The van der Waals surface area contributed by atoms with E-state index in [2.05, 4.69) is 4.72 Å². The van der Waals surface area contributed by atoms with Crippen LogP contribution in [0.1, 0.15) is 16.7 Å². The molecule has 124 valence electrons. The van der Waals surface area contributed by atoms with Crippen LogP contribution in [0.4, 0.5) is 17.6 Å². The second kappa shape index (κ2) is 6.29. The fraction of sp³-hybridized carbons (Fsp3) is 0.200. The Morgan fingerprint density at radius 3 is 2.17 bits per heavy atom. The molecule has 0 spiro atoms. The van der Waals surface area contributed by atoms with Crippen LogP contribution in [0.15, 0.2) is 47.4 Å². The summed E-state index contributed by atoms with van der Waals surface area (Å²) in [5.41, 5.74) is -0.424. The van der Waals surface area contributed by atoms with Crippen LogP contribution in [0, 0.1) is 12.7 Å². The van der Waals surface area contributed by atoms with Crippen LogP contribution in [-0.4, -0.2) is 8.42 Å². The van der Waals surface area contributed by atoms with E-state index in [-0.39, 0.29) is 10.5 Å². The molecule has 0 aliphatic heterocycles. The molecule has 0 saturated heterocycles. The summed E-state index contributed by atoms with van der Waals surface area (Å²) in [6.45, 7) is 1.35. The van der Waals surface area contributed by atoms with Gasteiger partial charge in [0.2, 0.25) is 10.0 Å². The average molecular weight is 347 g/mol. The summed E-state index contributed by atoms with van der Waals surface area (Å²) in [7, 11) is -3.87. The Morgan fingerprint density at radius 2 is 1.65 bits per heavy atom. The van der Waals surface area contributed by atoms with Crippen molar-refractivity contribution in [2.75, 3.05) is 0 Å². The van der Waals surface area contributed by atoms with Crippen LogP contribution in [0.2, 0.25) is 0 Å². The number of alkyl halides is 3. The topological polar surface area (TPSA) is 46.2 Å². The van der Waals surface area contributed by atoms with Crippen molar-refractivity contribution in [1.29, 1.82) is 0 Å². The molecule has 3 nitrogen and oxygen atoms in total. The predicted molar refractivity (Wildman–Crippen MR) is 76.6 cm³/mol. The van der Waals surface area contributed by atoms with Crippen LogP contribution in [-0.2, 0) is 22.7 Å². The minimum Gasteiger partial charge on any atom is -0.207 e. The van der Waals surface area contributed by atoms with Crippen molar-refractivity contribution in [3.63, 3.8) is 0 Å². The van der Waals surface area contributed by atoms with Gasteiger partial charge < -0.3 is 0 Å². The molecule has 0 amide bonds. The van der Waals surface area contributed by atoms with Crippen LogP contribution >= 0.6 is 0 Å². The van der Waals surface area contributed by atoms with E-state index in [0.29, 0.717) is 12.1 Å². The van der Waals surface area contributed by atoms with Gasteiger partial charge in [0.1, 0.15) is 5.82 Å². The molecule has 2 rings (SSSR count). The molecule has 2 aromatic rings. The summed E-state index contributed by atoms with van der Waals surface area (Å²) in [5, 5.41) is 0. The predicted octanol–water partition coefficient (Wildman–Crippen LogP) is 3.63. The molecule has 1 N–H and O–H groups in total. The number of halogens is 4. The lowest BCUT2D eigenvalue weighted by Gasteiger charge is -2.10. The highest BCUT2D eigenvalue weighted by Crippen LogP contribution is 2.30. The molecule has 0 radical (unpaired) electrons. The summed E-state index contributed by atoms with van der Waals surface area (Å²) >= 11 is 0. The Kier molecular flexibility index (Phi) is 4.76. The molecule has 0 aromatic heterocycles. The maximum Gasteiger partial charge on any atom is 0.416 e. The Balaban J connectivity index is 2.16. The third-order valence-electron chi connectivity index (χ3n) is 3.16. The van der Waals surface area contributed by atoms with Crippen LogP contribution in [0.5, 0.6) is 0 Å². The van der Waals surface area contributed by atoms with Gasteiger partial charge in [-0.2, -0.15) is 13.2 Å². The first kappa shape index (κ1) is 17.4. The van der Waals surface area contributed by atoms with Gasteiger partial charge in [-0.15, -0.1) is 0 Å². The van der Waals surface area contributed by atoms with Gasteiger partial charge in [0.15, 0.2) is 0 Å². The van der Waals surface area contributed by atoms with Crippen LogP contribution in [0.25, 0.3) is 0 Å². The van der Waals surface area contributed by atoms with E-state index in [1.54, 1.807) is 19.1 Å². The van der Waals surface area contributed by atoms with Crippen molar-refractivity contribution in [2.24, 2.45) is 0 Å². The highest BCUT2D eigenvalue weighted by atomic mass is 32.2. The molecule has 0 fully saturated rings. The summed E-state index contributed by atoms with van der Waals surface area (Å²) in [5.74, 6) is -1.12. The molecule has 0 aliphatic rings. The number of nitrogens with one attached hydrogen (secondary N) is 1. The zero-order valence-corrected chi connectivity index (χ0v) is 12.8. The lowest BCUT2D eigenvalue weighted by molar-refractivity contribution is -0.137. The zero-order valence-electron chi connectivity index (χ0n) is 12.0. The highest BCUT2D eigenvalue weighted by Gasteiger charge is 2.31. The van der Waals surface area contributed by atoms with E-state index in [9.17, 15) is 26.0 Å². The van der Waals surface area contributed by atoms with Gasteiger partial charge in [0, 0.05) is 12.1 Å². The summed E-state index contributed by atoms with van der Waals surface area (Å²) in [6, 6.07) is 7.95. The van der Waals surface area contributed by atoms with Crippen molar-refractivity contribution in [1.82, 2.24) is 4.72 Å². The number of hydrogen-bond donors (Lipinski definition) is 1. The SMILES string of the molecule is Cc1ccc(S(=O)(=O)NCc2ccc(C(F)(F)F)cc2F)cc1. The molecule has 23 heavy (non-hydrogen) atoms. The van der Waals surface area contributed by atoms with E-state index in [4.69, 9.17) is 0 Å². The maximum absolute atomic E-state index is 13.7. The number of sulfonamides is 1.